The van der Waals surface area contributed by atoms with Crippen LogP contribution in [-0.4, -0.2) is 58.2 Å². The normalized spacial score (nSPS) is 28.9. The second kappa shape index (κ2) is 9.28. The topological polar surface area (TPSA) is 83.5 Å². The van der Waals surface area contributed by atoms with Gasteiger partial charge in [0, 0.05) is 11.1 Å². The number of hydrogen-bond donors (Lipinski definition) is 1. The minimum atomic E-state index is -0.974. The van der Waals surface area contributed by atoms with Crippen molar-refractivity contribution in [1.82, 2.24) is 15.1 Å². The van der Waals surface area contributed by atoms with E-state index in [0.29, 0.717) is 39.3 Å². The lowest BCUT2D eigenvalue weighted by atomic mass is 9.67. The molecule has 8 nitrogen and oxygen atoms in total. The van der Waals surface area contributed by atoms with Crippen molar-refractivity contribution in [1.29, 1.82) is 0 Å². The third-order valence-corrected chi connectivity index (χ3v) is 8.50. The first-order chi connectivity index (χ1) is 18.9. The first kappa shape index (κ1) is 26.7. The first-order valence-electron chi connectivity index (χ1n) is 13.2. The van der Waals surface area contributed by atoms with E-state index in [1.54, 1.807) is 23.0 Å². The first-order valence-corrected chi connectivity index (χ1v) is 13.9. The molecule has 0 bridgehead atoms. The van der Waals surface area contributed by atoms with Crippen molar-refractivity contribution in [3.05, 3.63) is 82.2 Å². The standard InChI is InChI=1S/C30H30Cl2N4O4/c1-16(2)40-21-14-19(39-5)10-11-20(21)27-34-23(17-6-8-18(31)9-7-17)25-29(3)12-13-30(4,32)24-26(29)35(15-22(37)33-24)28(38)36(25)27/h6-14,16,23,25H,15H2,1-5H3,(H,33,37)/t23-,25-,29?,30?/m0/s1. The molecule has 1 aliphatic carbocycles. The van der Waals surface area contributed by atoms with Gasteiger partial charge in [-0.05, 0) is 57.5 Å². The number of hydrogen-bond acceptors (Lipinski definition) is 5. The van der Waals surface area contributed by atoms with Crippen molar-refractivity contribution in [2.45, 2.75) is 50.8 Å². The maximum Gasteiger partial charge on any atom is 0.330 e. The molecule has 40 heavy (non-hydrogen) atoms. The molecule has 2 unspecified atom stereocenters. The predicted octanol–water partition coefficient (Wildman–Crippen LogP) is 5.66. The van der Waals surface area contributed by atoms with Crippen LogP contribution in [0, 0.1) is 5.41 Å². The van der Waals surface area contributed by atoms with Crippen molar-refractivity contribution in [3.8, 4) is 11.5 Å². The van der Waals surface area contributed by atoms with E-state index in [0.717, 1.165) is 5.56 Å². The minimum Gasteiger partial charge on any atom is -0.497 e. The molecule has 3 aliphatic heterocycles. The van der Waals surface area contributed by atoms with E-state index >= 15 is 0 Å². The number of methoxy groups -OCH3 is 1. The summed E-state index contributed by atoms with van der Waals surface area (Å²) < 4.78 is 11.7. The Balaban J connectivity index is 1.59. The molecule has 0 spiro atoms. The highest BCUT2D eigenvalue weighted by molar-refractivity contribution is 6.30. The van der Waals surface area contributed by atoms with E-state index in [-0.39, 0.29) is 24.6 Å². The molecule has 3 amide bonds. The maximum absolute atomic E-state index is 14.4. The summed E-state index contributed by atoms with van der Waals surface area (Å²) in [4.78, 5) is 34.8. The van der Waals surface area contributed by atoms with Crippen LogP contribution in [0.4, 0.5) is 4.79 Å². The molecular weight excluding hydrogens is 551 g/mol. The number of urea groups is 1. The van der Waals surface area contributed by atoms with E-state index < -0.39 is 22.4 Å². The van der Waals surface area contributed by atoms with Crippen LogP contribution in [0.15, 0.2) is 71.0 Å². The highest BCUT2D eigenvalue weighted by Crippen LogP contribution is 2.56. The van der Waals surface area contributed by atoms with E-state index in [2.05, 4.69) is 12.2 Å². The number of halogens is 2. The van der Waals surface area contributed by atoms with Crippen LogP contribution in [0.1, 0.15) is 44.9 Å². The highest BCUT2D eigenvalue weighted by Gasteiger charge is 2.62. The quantitative estimate of drug-likeness (QED) is 0.365. The highest BCUT2D eigenvalue weighted by atomic mass is 35.5. The number of fused-ring (bicyclic) bond motifs is 2. The van der Waals surface area contributed by atoms with Gasteiger partial charge in [0.2, 0.25) is 5.91 Å². The van der Waals surface area contributed by atoms with E-state index in [1.165, 1.54) is 0 Å². The molecule has 3 heterocycles. The molecule has 4 aliphatic rings. The van der Waals surface area contributed by atoms with Gasteiger partial charge in [0.1, 0.15) is 28.8 Å². The largest absolute Gasteiger partial charge is 0.497 e. The van der Waals surface area contributed by atoms with Gasteiger partial charge in [-0.15, -0.1) is 11.6 Å². The molecule has 0 radical (unpaired) electrons. The number of nitrogens with one attached hydrogen (secondary N) is 1. The van der Waals surface area contributed by atoms with Crippen LogP contribution < -0.4 is 14.8 Å². The molecule has 6 rings (SSSR count). The molecule has 0 saturated carbocycles. The number of amidine groups is 1. The summed E-state index contributed by atoms with van der Waals surface area (Å²) in [7, 11) is 1.59. The lowest BCUT2D eigenvalue weighted by molar-refractivity contribution is -0.122. The molecule has 2 aromatic rings. The fourth-order valence-electron chi connectivity index (χ4n) is 6.16. The van der Waals surface area contributed by atoms with Crippen molar-refractivity contribution in [3.63, 3.8) is 0 Å². The second-order valence-electron chi connectivity index (χ2n) is 11.1. The molecule has 1 saturated heterocycles. The van der Waals surface area contributed by atoms with Gasteiger partial charge in [-0.1, -0.05) is 35.9 Å². The van der Waals surface area contributed by atoms with Crippen molar-refractivity contribution in [2.75, 3.05) is 13.7 Å². The van der Waals surface area contributed by atoms with Crippen LogP contribution >= 0.6 is 23.2 Å². The third-order valence-electron chi connectivity index (χ3n) is 7.94. The zero-order valence-corrected chi connectivity index (χ0v) is 24.4. The Morgan fingerprint density at radius 3 is 2.50 bits per heavy atom. The number of nitrogens with zero attached hydrogens (tertiary/aromatic N) is 3. The molecule has 10 heteroatoms. The number of allylic oxidation sites excluding steroid dienone is 1. The maximum atomic E-state index is 14.4. The zero-order valence-electron chi connectivity index (χ0n) is 22.9. The smallest absolute Gasteiger partial charge is 0.330 e. The summed E-state index contributed by atoms with van der Waals surface area (Å²) in [6.45, 7) is 7.64. The number of benzene rings is 2. The van der Waals surface area contributed by atoms with Gasteiger partial charge in [0.05, 0.1) is 47.7 Å². The average Bonchev–Trinajstić information content (AvgIpc) is 3.31. The van der Waals surface area contributed by atoms with Crippen LogP contribution in [0.2, 0.25) is 5.02 Å². The SMILES string of the molecule is COc1ccc(C2=N[C@@H](c3ccc(Cl)cc3)[C@@H]3N2C(=O)N2CC(=O)NC4=C2C3(C)C=CC4(C)Cl)c(OC(C)C)c1. The van der Waals surface area contributed by atoms with Crippen LogP contribution in [-0.2, 0) is 4.79 Å². The molecule has 4 atom stereocenters. The Labute approximate surface area is 243 Å². The number of rotatable bonds is 5. The average molecular weight is 582 g/mol. The third kappa shape index (κ3) is 3.99. The Kier molecular flexibility index (Phi) is 6.20. The zero-order chi connectivity index (χ0) is 28.6. The van der Waals surface area contributed by atoms with Gasteiger partial charge in [-0.25, -0.2) is 4.79 Å². The summed E-state index contributed by atoms with van der Waals surface area (Å²) in [6.07, 6.45) is 3.81. The van der Waals surface area contributed by atoms with Gasteiger partial charge in [-0.2, -0.15) is 0 Å². The summed E-state index contributed by atoms with van der Waals surface area (Å²) >= 11 is 13.1. The molecule has 1 fully saturated rings. The van der Waals surface area contributed by atoms with Crippen LogP contribution in [0.25, 0.3) is 0 Å². The number of carbonyl (C=O) groups excluding carboxylic acids is 2. The number of amides is 3. The minimum absolute atomic E-state index is 0.117. The van der Waals surface area contributed by atoms with E-state index in [9.17, 15) is 9.59 Å². The number of alkyl halides is 1. The number of aliphatic imine (C=N–C) groups is 1. The van der Waals surface area contributed by atoms with Crippen molar-refractivity contribution < 1.29 is 19.1 Å². The van der Waals surface area contributed by atoms with Gasteiger partial charge in [0.15, 0.2) is 0 Å². The molecule has 208 valence electrons. The molecule has 1 N–H and O–H groups in total. The summed E-state index contributed by atoms with van der Waals surface area (Å²) in [5.41, 5.74) is 2.06. The fourth-order valence-corrected chi connectivity index (χ4v) is 6.48. The summed E-state index contributed by atoms with van der Waals surface area (Å²) in [5, 5.41) is 3.58. The van der Waals surface area contributed by atoms with Crippen molar-refractivity contribution >= 4 is 41.0 Å². The van der Waals surface area contributed by atoms with Gasteiger partial charge in [0.25, 0.3) is 0 Å². The van der Waals surface area contributed by atoms with Gasteiger partial charge >= 0.3 is 6.03 Å². The second-order valence-corrected chi connectivity index (χ2v) is 12.3. The predicted molar refractivity (Wildman–Crippen MR) is 154 cm³/mol. The Morgan fingerprint density at radius 2 is 1.82 bits per heavy atom. The van der Waals surface area contributed by atoms with E-state index in [1.807, 2.05) is 69.3 Å². The molecule has 2 aromatic carbocycles. The van der Waals surface area contributed by atoms with Gasteiger partial charge < -0.3 is 14.8 Å². The van der Waals surface area contributed by atoms with E-state index in [4.69, 9.17) is 37.7 Å². The summed E-state index contributed by atoms with van der Waals surface area (Å²) in [5.74, 6) is 1.34. The van der Waals surface area contributed by atoms with Crippen molar-refractivity contribution in [2.24, 2.45) is 10.4 Å². The monoisotopic (exact) mass is 580 g/mol. The Bertz CT molecular complexity index is 1510. The molecular formula is C30H30Cl2N4O4. The number of ether oxygens (including phenoxy) is 2. The van der Waals surface area contributed by atoms with Crippen LogP contribution in [0.3, 0.4) is 0 Å². The van der Waals surface area contributed by atoms with Crippen LogP contribution in [0.5, 0.6) is 11.5 Å². The lowest BCUT2D eigenvalue weighted by Crippen LogP contribution is -2.67. The molecule has 0 aromatic heterocycles. The Morgan fingerprint density at radius 1 is 1.10 bits per heavy atom. The summed E-state index contributed by atoms with van der Waals surface area (Å²) in [6, 6.07) is 11.8. The fraction of sp³-hybridized carbons (Fsp3) is 0.367. The van der Waals surface area contributed by atoms with Gasteiger partial charge in [-0.3, -0.25) is 19.6 Å². The Hall–Kier alpha value is -3.49. The lowest BCUT2D eigenvalue weighted by Gasteiger charge is -2.55. The number of carbonyl (C=O) groups is 2.